The fourth-order valence-corrected chi connectivity index (χ4v) is 5.64. The molecular weight excluding hydrogens is 606 g/mol. The van der Waals surface area contributed by atoms with Crippen LogP contribution in [0.15, 0.2) is 48.6 Å². The molecule has 284 valence electrons. The number of hydrogen-bond donors (Lipinski definition) is 0. The van der Waals surface area contributed by atoms with Gasteiger partial charge in [-0.1, -0.05) is 133 Å². The van der Waals surface area contributed by atoms with E-state index in [1.807, 2.05) is 19.0 Å². The van der Waals surface area contributed by atoms with E-state index in [-0.39, 0.29) is 18.0 Å². The highest BCUT2D eigenvalue weighted by Gasteiger charge is 2.16. The smallest absolute Gasteiger partial charge is 0.307 e. The van der Waals surface area contributed by atoms with E-state index in [9.17, 15) is 9.59 Å². The fraction of sp³-hybridized carbons (Fsp3) is 0.773. The summed E-state index contributed by atoms with van der Waals surface area (Å²) in [6, 6.07) is 0. The molecular formula is C44H79NO4. The maximum Gasteiger partial charge on any atom is 0.307 e. The van der Waals surface area contributed by atoms with Gasteiger partial charge in [0.2, 0.25) is 0 Å². The number of esters is 2. The van der Waals surface area contributed by atoms with Crippen molar-refractivity contribution in [3.63, 3.8) is 0 Å². The molecule has 1 atom stereocenters. The van der Waals surface area contributed by atoms with E-state index in [0.717, 1.165) is 57.8 Å². The Kier molecular flexibility index (Phi) is 37.0. The molecule has 0 aliphatic rings. The first kappa shape index (κ1) is 46.9. The summed E-state index contributed by atoms with van der Waals surface area (Å²) < 4.78 is 11.4. The Hall–Kier alpha value is -2.14. The number of unbranched alkanes of at least 4 members (excludes halogenated alkanes) is 17. The van der Waals surface area contributed by atoms with E-state index in [0.29, 0.717) is 32.4 Å². The molecule has 0 radical (unpaired) electrons. The average Bonchev–Trinajstić information content (AvgIpc) is 3.08. The van der Waals surface area contributed by atoms with Crippen LogP contribution in [0.4, 0.5) is 0 Å². The van der Waals surface area contributed by atoms with Gasteiger partial charge in [0.1, 0.15) is 6.10 Å². The molecule has 0 aliphatic heterocycles. The van der Waals surface area contributed by atoms with Gasteiger partial charge in [-0.25, -0.2) is 0 Å². The van der Waals surface area contributed by atoms with Gasteiger partial charge in [-0.3, -0.25) is 9.59 Å². The lowest BCUT2D eigenvalue weighted by molar-refractivity contribution is -0.152. The number of allylic oxidation sites excluding steroid dienone is 8. The molecule has 0 spiro atoms. The molecule has 0 saturated carbocycles. The molecule has 5 heteroatoms. The second kappa shape index (κ2) is 38.7. The van der Waals surface area contributed by atoms with Crippen LogP contribution in [-0.4, -0.2) is 50.2 Å². The van der Waals surface area contributed by atoms with Gasteiger partial charge in [0, 0.05) is 19.4 Å². The van der Waals surface area contributed by atoms with E-state index >= 15 is 0 Å². The minimum atomic E-state index is -0.177. The third kappa shape index (κ3) is 38.5. The van der Waals surface area contributed by atoms with E-state index in [1.54, 1.807) is 0 Å². The molecule has 0 aromatic heterocycles. The Balaban J connectivity index is 4.03. The zero-order chi connectivity index (χ0) is 35.9. The van der Waals surface area contributed by atoms with Gasteiger partial charge in [-0.15, -0.1) is 0 Å². The second-order valence-electron chi connectivity index (χ2n) is 14.0. The van der Waals surface area contributed by atoms with Crippen molar-refractivity contribution in [1.29, 1.82) is 0 Å². The molecule has 0 rings (SSSR count). The molecule has 5 nitrogen and oxygen atoms in total. The highest BCUT2D eigenvalue weighted by molar-refractivity contribution is 5.70. The molecule has 0 fully saturated rings. The Morgan fingerprint density at radius 3 is 1.45 bits per heavy atom. The highest BCUT2D eigenvalue weighted by atomic mass is 16.6. The molecule has 0 heterocycles. The first-order valence-electron chi connectivity index (χ1n) is 20.6. The molecule has 0 saturated heterocycles. The maximum atomic E-state index is 12.4. The van der Waals surface area contributed by atoms with Crippen LogP contribution in [0.2, 0.25) is 0 Å². The molecule has 1 unspecified atom stereocenters. The van der Waals surface area contributed by atoms with Crippen molar-refractivity contribution < 1.29 is 19.1 Å². The van der Waals surface area contributed by atoms with Crippen molar-refractivity contribution in [2.45, 2.75) is 193 Å². The third-order valence-corrected chi connectivity index (χ3v) is 8.82. The summed E-state index contributed by atoms with van der Waals surface area (Å²) >= 11 is 0. The Morgan fingerprint density at radius 1 is 0.510 bits per heavy atom. The molecule has 0 bridgehead atoms. The summed E-state index contributed by atoms with van der Waals surface area (Å²) in [5, 5.41) is 0. The van der Waals surface area contributed by atoms with Crippen LogP contribution in [-0.2, 0) is 19.1 Å². The van der Waals surface area contributed by atoms with Crippen LogP contribution in [0.5, 0.6) is 0 Å². The standard InChI is InChI=1S/C44H79NO4/c1-5-7-9-11-13-15-17-19-21-23-24-26-28-30-32-34-36-42(49-44(47)38-40-45(3)4)39-41-48-43(46)37-35-33-31-29-27-25-22-20-18-16-14-12-10-8-6-2/h13-16,19-22,42H,5-12,17-18,23-41H2,1-4H3/b15-13-,16-14-,21-19-,22-20-. The normalized spacial score (nSPS) is 12.8. The summed E-state index contributed by atoms with van der Waals surface area (Å²) in [5.41, 5.74) is 0. The molecule has 0 N–H and O–H groups in total. The molecule has 0 aromatic carbocycles. The number of ether oxygens (including phenoxy) is 2. The monoisotopic (exact) mass is 686 g/mol. The molecule has 49 heavy (non-hydrogen) atoms. The largest absolute Gasteiger partial charge is 0.466 e. The zero-order valence-electron chi connectivity index (χ0n) is 32.8. The van der Waals surface area contributed by atoms with Gasteiger partial charge in [0.25, 0.3) is 0 Å². The van der Waals surface area contributed by atoms with Crippen molar-refractivity contribution in [2.75, 3.05) is 27.2 Å². The van der Waals surface area contributed by atoms with Crippen LogP contribution < -0.4 is 0 Å². The minimum absolute atomic E-state index is 0.128. The van der Waals surface area contributed by atoms with Crippen LogP contribution in [0, 0.1) is 0 Å². The highest BCUT2D eigenvalue weighted by Crippen LogP contribution is 2.15. The Bertz CT molecular complexity index is 844. The van der Waals surface area contributed by atoms with E-state index in [1.165, 1.54) is 96.3 Å². The van der Waals surface area contributed by atoms with Crippen LogP contribution >= 0.6 is 0 Å². The van der Waals surface area contributed by atoms with Gasteiger partial charge in [0.05, 0.1) is 13.0 Å². The number of carbonyl (C=O) groups excluding carboxylic acids is 2. The van der Waals surface area contributed by atoms with Gasteiger partial charge < -0.3 is 14.4 Å². The fourth-order valence-electron chi connectivity index (χ4n) is 5.64. The van der Waals surface area contributed by atoms with E-state index in [2.05, 4.69) is 62.5 Å². The predicted octanol–water partition coefficient (Wildman–Crippen LogP) is 12.8. The Morgan fingerprint density at radius 2 is 0.959 bits per heavy atom. The molecule has 0 aromatic rings. The van der Waals surface area contributed by atoms with Crippen LogP contribution in [0.3, 0.4) is 0 Å². The maximum absolute atomic E-state index is 12.4. The number of hydrogen-bond acceptors (Lipinski definition) is 5. The summed E-state index contributed by atoms with van der Waals surface area (Å²) in [4.78, 5) is 26.7. The lowest BCUT2D eigenvalue weighted by atomic mass is 10.0. The lowest BCUT2D eigenvalue weighted by Gasteiger charge is -2.19. The van der Waals surface area contributed by atoms with E-state index in [4.69, 9.17) is 9.47 Å². The quantitative estimate of drug-likeness (QED) is 0.0373. The summed E-state index contributed by atoms with van der Waals surface area (Å²) in [5.74, 6) is -0.285. The topological polar surface area (TPSA) is 55.8 Å². The van der Waals surface area contributed by atoms with Crippen molar-refractivity contribution in [2.24, 2.45) is 0 Å². The van der Waals surface area contributed by atoms with E-state index < -0.39 is 0 Å². The van der Waals surface area contributed by atoms with Crippen LogP contribution in [0.25, 0.3) is 0 Å². The second-order valence-corrected chi connectivity index (χ2v) is 14.0. The first-order valence-corrected chi connectivity index (χ1v) is 20.6. The van der Waals surface area contributed by atoms with Gasteiger partial charge in [-0.2, -0.15) is 0 Å². The number of nitrogens with zero attached hydrogens (tertiary/aromatic N) is 1. The van der Waals surface area contributed by atoms with Crippen molar-refractivity contribution in [1.82, 2.24) is 4.90 Å². The minimum Gasteiger partial charge on any atom is -0.466 e. The zero-order valence-corrected chi connectivity index (χ0v) is 32.8. The average molecular weight is 686 g/mol. The summed E-state index contributed by atoms with van der Waals surface area (Å²) in [7, 11) is 3.92. The third-order valence-electron chi connectivity index (χ3n) is 8.82. The van der Waals surface area contributed by atoms with Gasteiger partial charge in [0.15, 0.2) is 0 Å². The SMILES string of the molecule is CCCCC/C=C\C/C=C\CCCCCCCCC(CCOC(=O)CCCCCCC/C=C\C/C=C\CCCCC)OC(=O)CCN(C)C. The summed E-state index contributed by atoms with van der Waals surface area (Å²) in [6.45, 7) is 5.50. The predicted molar refractivity (Wildman–Crippen MR) is 212 cm³/mol. The van der Waals surface area contributed by atoms with Crippen molar-refractivity contribution in [3.05, 3.63) is 48.6 Å². The number of rotatable bonds is 36. The molecule has 0 aliphatic carbocycles. The lowest BCUT2D eigenvalue weighted by Crippen LogP contribution is -2.24. The van der Waals surface area contributed by atoms with Gasteiger partial charge >= 0.3 is 11.9 Å². The first-order chi connectivity index (χ1) is 24.0. The van der Waals surface area contributed by atoms with Crippen molar-refractivity contribution in [3.8, 4) is 0 Å². The van der Waals surface area contributed by atoms with Crippen LogP contribution in [0.1, 0.15) is 187 Å². The van der Waals surface area contributed by atoms with Gasteiger partial charge in [-0.05, 0) is 97.6 Å². The van der Waals surface area contributed by atoms with Crippen molar-refractivity contribution >= 4 is 11.9 Å². The summed E-state index contributed by atoms with van der Waals surface area (Å²) in [6.07, 6.45) is 47.9. The Labute approximate surface area is 304 Å². The molecule has 0 amide bonds. The number of carbonyl (C=O) groups is 2.